The van der Waals surface area contributed by atoms with Crippen molar-refractivity contribution in [1.29, 1.82) is 0 Å². The van der Waals surface area contributed by atoms with Crippen molar-refractivity contribution in [2.45, 2.75) is 0 Å². The number of carbonyl (C=O) groups excluding carboxylic acids is 1. The quantitative estimate of drug-likeness (QED) is 0.711. The molecule has 0 bridgehead atoms. The van der Waals surface area contributed by atoms with Gasteiger partial charge >= 0.3 is 0 Å². The first kappa shape index (κ1) is 10.9. The second kappa shape index (κ2) is 4.50. The van der Waals surface area contributed by atoms with Crippen molar-refractivity contribution < 1.29 is 4.79 Å². The third-order valence-corrected chi connectivity index (χ3v) is 2.64. The third-order valence-electron chi connectivity index (χ3n) is 2.38. The van der Waals surface area contributed by atoms with Crippen LogP contribution in [0, 0.1) is 6.92 Å². The van der Waals surface area contributed by atoms with Crippen LogP contribution in [0.1, 0.15) is 10.4 Å². The molecule has 1 nitrogen and oxygen atoms in total. The highest BCUT2D eigenvalue weighted by molar-refractivity contribution is 6.30. The molecule has 0 atom stereocenters. The molecule has 2 rings (SSSR count). The van der Waals surface area contributed by atoms with Gasteiger partial charge in [0.25, 0.3) is 0 Å². The zero-order valence-electron chi connectivity index (χ0n) is 8.61. The zero-order valence-corrected chi connectivity index (χ0v) is 9.37. The third kappa shape index (κ3) is 2.31. The van der Waals surface area contributed by atoms with E-state index in [0.29, 0.717) is 10.6 Å². The molecule has 79 valence electrons. The van der Waals surface area contributed by atoms with Crippen LogP contribution < -0.4 is 0 Å². The van der Waals surface area contributed by atoms with E-state index < -0.39 is 0 Å². The lowest BCUT2D eigenvalue weighted by Crippen LogP contribution is -1.91. The average Bonchev–Trinajstić information content (AvgIpc) is 2.30. The monoisotopic (exact) mass is 229 g/mol. The van der Waals surface area contributed by atoms with Gasteiger partial charge in [-0.15, -0.1) is 0 Å². The fraction of sp³-hybridized carbons (Fsp3) is 0. The fourth-order valence-corrected chi connectivity index (χ4v) is 1.62. The van der Waals surface area contributed by atoms with Crippen LogP contribution >= 0.6 is 11.6 Å². The van der Waals surface area contributed by atoms with Crippen molar-refractivity contribution in [1.82, 2.24) is 0 Å². The lowest BCUT2D eigenvalue weighted by molar-refractivity contribution is 0.104. The number of hydrogen-bond donors (Lipinski definition) is 0. The Bertz CT molecular complexity index is 497. The van der Waals surface area contributed by atoms with Crippen LogP contribution in [0.25, 0.3) is 11.1 Å². The summed E-state index contributed by atoms with van der Waals surface area (Å²) in [6.07, 6.45) is 0. The van der Waals surface area contributed by atoms with E-state index in [1.807, 2.05) is 36.4 Å². The van der Waals surface area contributed by atoms with E-state index in [4.69, 9.17) is 11.6 Å². The Kier molecular flexibility index (Phi) is 3.07. The Morgan fingerprint density at radius 1 is 0.875 bits per heavy atom. The smallest absolute Gasteiger partial charge is 0.163 e. The van der Waals surface area contributed by atoms with Crippen LogP contribution in [0.2, 0.25) is 5.02 Å². The molecule has 0 amide bonds. The Morgan fingerprint density at radius 3 is 1.75 bits per heavy atom. The van der Waals surface area contributed by atoms with Crippen molar-refractivity contribution in [3.63, 3.8) is 0 Å². The van der Waals surface area contributed by atoms with E-state index in [1.165, 1.54) is 0 Å². The highest BCUT2D eigenvalue weighted by Crippen LogP contribution is 2.21. The van der Waals surface area contributed by atoms with Crippen LogP contribution in [0.4, 0.5) is 0 Å². The van der Waals surface area contributed by atoms with Crippen molar-refractivity contribution in [3.8, 4) is 11.1 Å². The molecular formula is C14H10ClO. The Morgan fingerprint density at radius 2 is 1.31 bits per heavy atom. The topological polar surface area (TPSA) is 17.1 Å². The summed E-state index contributed by atoms with van der Waals surface area (Å²) >= 11 is 5.81. The van der Waals surface area contributed by atoms with Crippen molar-refractivity contribution in [3.05, 3.63) is 66.0 Å². The molecule has 0 heterocycles. The predicted octanol–water partition coefficient (Wildman–Crippen LogP) is 4.02. The van der Waals surface area contributed by atoms with Crippen LogP contribution in [-0.2, 0) is 0 Å². The van der Waals surface area contributed by atoms with Gasteiger partial charge < -0.3 is 0 Å². The molecule has 0 aliphatic carbocycles. The van der Waals surface area contributed by atoms with Crippen molar-refractivity contribution in [2.75, 3.05) is 0 Å². The summed E-state index contributed by atoms with van der Waals surface area (Å²) in [6, 6.07) is 14.9. The lowest BCUT2D eigenvalue weighted by atomic mass is 10.0. The second-order valence-corrected chi connectivity index (χ2v) is 3.94. The molecule has 2 aromatic carbocycles. The van der Waals surface area contributed by atoms with Gasteiger partial charge in [0, 0.05) is 17.5 Å². The summed E-state index contributed by atoms with van der Waals surface area (Å²) in [6.45, 7) is 3.37. The lowest BCUT2D eigenvalue weighted by Gasteiger charge is -2.02. The SMILES string of the molecule is [CH2]C(=O)c1ccc(-c2ccc(Cl)cc2)cc1. The number of rotatable bonds is 2. The molecule has 0 spiro atoms. The number of halogens is 1. The van der Waals surface area contributed by atoms with Gasteiger partial charge in [0.05, 0.1) is 0 Å². The molecule has 2 heteroatoms. The van der Waals surface area contributed by atoms with Crippen LogP contribution in [0.5, 0.6) is 0 Å². The highest BCUT2D eigenvalue weighted by atomic mass is 35.5. The maximum absolute atomic E-state index is 11.0. The fourth-order valence-electron chi connectivity index (χ4n) is 1.49. The highest BCUT2D eigenvalue weighted by Gasteiger charge is 2.00. The van der Waals surface area contributed by atoms with Crippen molar-refractivity contribution in [2.24, 2.45) is 0 Å². The van der Waals surface area contributed by atoms with Gasteiger partial charge in [-0.1, -0.05) is 48.0 Å². The van der Waals surface area contributed by atoms with Gasteiger partial charge in [-0.05, 0) is 23.3 Å². The van der Waals surface area contributed by atoms with Crippen molar-refractivity contribution >= 4 is 17.4 Å². The molecule has 0 fully saturated rings. The Balaban J connectivity index is 2.34. The summed E-state index contributed by atoms with van der Waals surface area (Å²) in [7, 11) is 0. The maximum atomic E-state index is 11.0. The van der Waals surface area contributed by atoms with E-state index in [0.717, 1.165) is 11.1 Å². The van der Waals surface area contributed by atoms with E-state index in [2.05, 4.69) is 6.92 Å². The molecule has 16 heavy (non-hydrogen) atoms. The van der Waals surface area contributed by atoms with Gasteiger partial charge in [-0.25, -0.2) is 0 Å². The molecular weight excluding hydrogens is 220 g/mol. The van der Waals surface area contributed by atoms with Crippen LogP contribution in [-0.4, -0.2) is 5.78 Å². The summed E-state index contributed by atoms with van der Waals surface area (Å²) in [5, 5.41) is 0.716. The first-order valence-corrected chi connectivity index (χ1v) is 5.27. The first-order chi connectivity index (χ1) is 7.66. The molecule has 0 saturated heterocycles. The Labute approximate surface area is 99.7 Å². The minimum Gasteiger partial charge on any atom is -0.294 e. The van der Waals surface area contributed by atoms with E-state index in [1.54, 1.807) is 12.1 Å². The molecule has 0 aliphatic heterocycles. The summed E-state index contributed by atoms with van der Waals surface area (Å²) in [4.78, 5) is 11.0. The Hall–Kier alpha value is -1.60. The standard InChI is InChI=1S/C14H10ClO/c1-10(16)11-2-4-12(5-3-11)13-6-8-14(15)9-7-13/h2-9H,1H2. The summed E-state index contributed by atoms with van der Waals surface area (Å²) < 4.78 is 0. The maximum Gasteiger partial charge on any atom is 0.163 e. The minimum absolute atomic E-state index is 0.164. The number of Topliss-reactive ketones (excluding diaryl/α,β-unsaturated/α-hetero) is 1. The average molecular weight is 230 g/mol. The van der Waals surface area contributed by atoms with E-state index in [-0.39, 0.29) is 5.78 Å². The van der Waals surface area contributed by atoms with E-state index in [9.17, 15) is 4.79 Å². The van der Waals surface area contributed by atoms with Gasteiger partial charge in [-0.3, -0.25) is 4.79 Å². The first-order valence-electron chi connectivity index (χ1n) is 4.89. The molecule has 0 saturated carbocycles. The minimum atomic E-state index is -0.164. The molecule has 2 aromatic rings. The molecule has 0 aromatic heterocycles. The normalized spacial score (nSPS) is 10.1. The predicted molar refractivity (Wildman–Crippen MR) is 66.6 cm³/mol. The zero-order chi connectivity index (χ0) is 11.5. The summed E-state index contributed by atoms with van der Waals surface area (Å²) in [5.41, 5.74) is 2.76. The van der Waals surface area contributed by atoms with Gasteiger partial charge in [0.15, 0.2) is 5.78 Å². The summed E-state index contributed by atoms with van der Waals surface area (Å²) in [5.74, 6) is -0.164. The molecule has 0 unspecified atom stereocenters. The van der Waals surface area contributed by atoms with Gasteiger partial charge in [-0.2, -0.15) is 0 Å². The van der Waals surface area contributed by atoms with Crippen LogP contribution in [0.3, 0.4) is 0 Å². The van der Waals surface area contributed by atoms with Crippen LogP contribution in [0.15, 0.2) is 48.5 Å². The second-order valence-electron chi connectivity index (χ2n) is 3.51. The number of ketones is 1. The number of benzene rings is 2. The number of carbonyl (C=O) groups is 1. The number of hydrogen-bond acceptors (Lipinski definition) is 1. The van der Waals surface area contributed by atoms with Gasteiger partial charge in [0.1, 0.15) is 0 Å². The molecule has 0 aliphatic rings. The van der Waals surface area contributed by atoms with E-state index >= 15 is 0 Å². The molecule has 1 radical (unpaired) electrons. The molecule has 0 N–H and O–H groups in total. The van der Waals surface area contributed by atoms with Gasteiger partial charge in [0.2, 0.25) is 0 Å². The largest absolute Gasteiger partial charge is 0.294 e.